The Kier molecular flexibility index (Phi) is 3.38. The van der Waals surface area contributed by atoms with Crippen molar-refractivity contribution in [2.45, 2.75) is 19.5 Å². The first-order valence-electron chi connectivity index (χ1n) is 5.22. The third-order valence-corrected chi connectivity index (χ3v) is 3.28. The lowest BCUT2D eigenvalue weighted by molar-refractivity contribution is 0.0520. The van der Waals surface area contributed by atoms with E-state index in [0.29, 0.717) is 36.9 Å². The maximum Gasteiger partial charge on any atom is 0.357 e. The molecule has 1 aromatic rings. The second kappa shape index (κ2) is 4.78. The van der Waals surface area contributed by atoms with Crippen molar-refractivity contribution in [1.29, 1.82) is 0 Å². The lowest BCUT2D eigenvalue weighted by Gasteiger charge is -2.12. The molecule has 0 N–H and O–H groups in total. The Labute approximate surface area is 97.0 Å². The first-order valence-corrected chi connectivity index (χ1v) is 6.10. The number of halogens is 1. The van der Waals surface area contributed by atoms with Crippen molar-refractivity contribution < 1.29 is 13.9 Å². The number of carbonyl (C=O) groups excluding carboxylic acids is 1. The monoisotopic (exact) mass is 244 g/mol. The molecule has 0 radical (unpaired) electrons. The van der Waals surface area contributed by atoms with Crippen LogP contribution in [0.4, 0.5) is 9.52 Å². The number of nitrogens with zero attached hydrogens (tertiary/aromatic N) is 2. The fourth-order valence-corrected chi connectivity index (χ4v) is 2.43. The van der Waals surface area contributed by atoms with Crippen molar-refractivity contribution in [2.75, 3.05) is 24.6 Å². The van der Waals surface area contributed by atoms with Crippen molar-refractivity contribution in [2.24, 2.45) is 0 Å². The van der Waals surface area contributed by atoms with Crippen molar-refractivity contribution in [3.8, 4) is 0 Å². The van der Waals surface area contributed by atoms with Gasteiger partial charge < -0.3 is 9.64 Å². The number of aromatic nitrogens is 1. The number of anilines is 1. The fourth-order valence-electron chi connectivity index (χ4n) is 1.60. The Bertz CT molecular complexity index is 383. The molecule has 0 unspecified atom stereocenters. The minimum absolute atomic E-state index is 0.309. The third-order valence-electron chi connectivity index (χ3n) is 2.38. The van der Waals surface area contributed by atoms with Crippen LogP contribution < -0.4 is 4.90 Å². The van der Waals surface area contributed by atoms with E-state index in [9.17, 15) is 9.18 Å². The van der Waals surface area contributed by atoms with Crippen molar-refractivity contribution >= 4 is 22.4 Å². The molecule has 1 saturated heterocycles. The molecule has 1 aromatic heterocycles. The van der Waals surface area contributed by atoms with Gasteiger partial charge in [-0.25, -0.2) is 14.2 Å². The lowest BCUT2D eigenvalue weighted by atomic mass is 10.3. The minimum atomic E-state index is -0.782. The summed E-state index contributed by atoms with van der Waals surface area (Å²) >= 11 is 1.35. The summed E-state index contributed by atoms with van der Waals surface area (Å²) in [5.41, 5.74) is 0.309. The largest absolute Gasteiger partial charge is 0.461 e. The molecule has 6 heteroatoms. The predicted octanol–water partition coefficient (Wildman–Crippen LogP) is 1.87. The zero-order chi connectivity index (χ0) is 11.5. The van der Waals surface area contributed by atoms with Crippen LogP contribution in [0, 0.1) is 0 Å². The Balaban J connectivity index is 2.04. The van der Waals surface area contributed by atoms with Gasteiger partial charge in [0.2, 0.25) is 0 Å². The summed E-state index contributed by atoms with van der Waals surface area (Å²) in [6, 6.07) is 0. The maximum atomic E-state index is 13.0. The summed E-state index contributed by atoms with van der Waals surface area (Å²) in [5, 5.41) is 2.35. The fraction of sp³-hybridized carbons (Fsp3) is 0.600. The molecule has 88 valence electrons. The van der Waals surface area contributed by atoms with Gasteiger partial charge in [0.15, 0.2) is 10.8 Å². The molecular formula is C10H13FN2O2S. The van der Waals surface area contributed by atoms with Crippen molar-refractivity contribution in [1.82, 2.24) is 4.98 Å². The van der Waals surface area contributed by atoms with E-state index in [0.717, 1.165) is 0 Å². The zero-order valence-electron chi connectivity index (χ0n) is 8.98. The summed E-state index contributed by atoms with van der Waals surface area (Å²) in [6.07, 6.45) is -0.246. The summed E-state index contributed by atoms with van der Waals surface area (Å²) in [6.45, 7) is 3.12. The number of hydrogen-bond acceptors (Lipinski definition) is 5. The van der Waals surface area contributed by atoms with Crippen LogP contribution in [0.25, 0.3) is 0 Å². The Morgan fingerprint density at radius 1 is 1.81 bits per heavy atom. The van der Waals surface area contributed by atoms with Gasteiger partial charge in [0, 0.05) is 11.9 Å². The molecule has 0 bridgehead atoms. The van der Waals surface area contributed by atoms with Crippen LogP contribution in [0.3, 0.4) is 0 Å². The van der Waals surface area contributed by atoms with E-state index in [-0.39, 0.29) is 0 Å². The van der Waals surface area contributed by atoms with E-state index in [1.54, 1.807) is 12.3 Å². The number of thiazole rings is 1. The van der Waals surface area contributed by atoms with Gasteiger partial charge in [-0.1, -0.05) is 0 Å². The first kappa shape index (κ1) is 11.3. The molecule has 1 atom stereocenters. The van der Waals surface area contributed by atoms with Crippen LogP contribution in [0.2, 0.25) is 0 Å². The normalized spacial score (nSPS) is 20.1. The highest BCUT2D eigenvalue weighted by atomic mass is 32.1. The van der Waals surface area contributed by atoms with Gasteiger partial charge in [-0.2, -0.15) is 0 Å². The first-order chi connectivity index (χ1) is 7.70. The highest BCUT2D eigenvalue weighted by Gasteiger charge is 2.24. The molecule has 2 heterocycles. The van der Waals surface area contributed by atoms with E-state index in [2.05, 4.69) is 4.98 Å². The van der Waals surface area contributed by atoms with Crippen LogP contribution in [-0.2, 0) is 4.74 Å². The molecule has 1 aliphatic heterocycles. The highest BCUT2D eigenvalue weighted by molar-refractivity contribution is 7.13. The second-order valence-electron chi connectivity index (χ2n) is 3.57. The molecule has 0 aliphatic carbocycles. The Hall–Kier alpha value is -1.17. The third kappa shape index (κ3) is 2.32. The number of esters is 1. The molecule has 0 saturated carbocycles. The minimum Gasteiger partial charge on any atom is -0.461 e. The topological polar surface area (TPSA) is 42.4 Å². The number of rotatable bonds is 3. The summed E-state index contributed by atoms with van der Waals surface area (Å²) in [7, 11) is 0. The van der Waals surface area contributed by atoms with Crippen LogP contribution in [0.1, 0.15) is 23.8 Å². The van der Waals surface area contributed by atoms with Crippen molar-refractivity contribution in [3.05, 3.63) is 11.1 Å². The second-order valence-corrected chi connectivity index (χ2v) is 4.40. The molecule has 0 spiro atoms. The van der Waals surface area contributed by atoms with E-state index < -0.39 is 12.1 Å². The molecule has 2 rings (SSSR count). The van der Waals surface area contributed by atoms with Crippen LogP contribution >= 0.6 is 11.3 Å². The van der Waals surface area contributed by atoms with Gasteiger partial charge in [0.05, 0.1) is 13.2 Å². The molecule has 0 amide bonds. The smallest absolute Gasteiger partial charge is 0.357 e. The van der Waals surface area contributed by atoms with Crippen LogP contribution in [-0.4, -0.2) is 36.8 Å². The number of carbonyl (C=O) groups is 1. The average molecular weight is 244 g/mol. The maximum absolute atomic E-state index is 13.0. The molecular weight excluding hydrogens is 231 g/mol. The van der Waals surface area contributed by atoms with Gasteiger partial charge in [-0.15, -0.1) is 11.3 Å². The van der Waals surface area contributed by atoms with Crippen LogP contribution in [0.15, 0.2) is 5.38 Å². The van der Waals surface area contributed by atoms with Gasteiger partial charge in [-0.3, -0.25) is 0 Å². The molecule has 1 fully saturated rings. The number of alkyl halides is 1. The summed E-state index contributed by atoms with van der Waals surface area (Å²) < 4.78 is 17.8. The summed E-state index contributed by atoms with van der Waals surface area (Å²) in [4.78, 5) is 17.4. The van der Waals surface area contributed by atoms with Gasteiger partial charge in [-0.05, 0) is 13.3 Å². The van der Waals surface area contributed by atoms with E-state index in [1.165, 1.54) is 11.3 Å². The molecule has 4 nitrogen and oxygen atoms in total. The van der Waals surface area contributed by atoms with E-state index >= 15 is 0 Å². The van der Waals surface area contributed by atoms with Gasteiger partial charge in [0.25, 0.3) is 0 Å². The number of hydrogen-bond donors (Lipinski definition) is 0. The Morgan fingerprint density at radius 3 is 3.25 bits per heavy atom. The predicted molar refractivity (Wildman–Crippen MR) is 59.8 cm³/mol. The van der Waals surface area contributed by atoms with Crippen LogP contribution in [0.5, 0.6) is 0 Å². The SMILES string of the molecule is CCOC(=O)c1csc(N2CC[C@H](F)C2)n1. The van der Waals surface area contributed by atoms with Crippen molar-refractivity contribution in [3.63, 3.8) is 0 Å². The molecule has 1 aliphatic rings. The van der Waals surface area contributed by atoms with E-state index in [4.69, 9.17) is 4.74 Å². The quantitative estimate of drug-likeness (QED) is 0.761. The number of ether oxygens (including phenoxy) is 1. The van der Waals surface area contributed by atoms with E-state index in [1.807, 2.05) is 4.90 Å². The molecule has 0 aromatic carbocycles. The van der Waals surface area contributed by atoms with Gasteiger partial charge >= 0.3 is 5.97 Å². The average Bonchev–Trinajstić information content (AvgIpc) is 2.85. The summed E-state index contributed by atoms with van der Waals surface area (Å²) in [5.74, 6) is -0.416. The standard InChI is InChI=1S/C10H13FN2O2S/c1-2-15-9(14)8-6-16-10(12-8)13-4-3-7(11)5-13/h6-7H,2-5H2,1H3/t7-/m0/s1. The zero-order valence-corrected chi connectivity index (χ0v) is 9.80. The lowest BCUT2D eigenvalue weighted by Crippen LogP contribution is -2.19. The molecule has 16 heavy (non-hydrogen) atoms. The highest BCUT2D eigenvalue weighted by Crippen LogP contribution is 2.25. The Morgan fingerprint density at radius 2 is 2.62 bits per heavy atom. The van der Waals surface area contributed by atoms with Gasteiger partial charge in [0.1, 0.15) is 6.17 Å².